The molecule has 0 radical (unpaired) electrons. The molecule has 2 unspecified atom stereocenters. The van der Waals surface area contributed by atoms with Crippen molar-refractivity contribution in [3.8, 4) is 0 Å². The minimum atomic E-state index is -0.816. The normalized spacial score (nSPS) is 35.6. The predicted molar refractivity (Wildman–Crippen MR) is 134 cm³/mol. The van der Waals surface area contributed by atoms with Crippen LogP contribution in [0.25, 0.3) is 0 Å². The van der Waals surface area contributed by atoms with Crippen molar-refractivity contribution in [1.82, 2.24) is 14.7 Å². The van der Waals surface area contributed by atoms with Crippen LogP contribution in [0.4, 0.5) is 0 Å². The Hall–Kier alpha value is -1.80. The SMILES string of the molecule is CCCC(C)N1CC=C[C@]23S[C@H]4C=CCN(C)C(=O)[C@H]4[C@H]2C(=O)N([C@@H](CO)[C@@H](C)CC)C3C1=O. The first kappa shape index (κ1) is 25.3. The van der Waals surface area contributed by atoms with Gasteiger partial charge >= 0.3 is 0 Å². The largest absolute Gasteiger partial charge is 0.394 e. The lowest BCUT2D eigenvalue weighted by Gasteiger charge is -2.41. The molecular formula is C26H39N3O4S. The predicted octanol–water partition coefficient (Wildman–Crippen LogP) is 2.31. The van der Waals surface area contributed by atoms with Gasteiger partial charge in [-0.1, -0.05) is 57.9 Å². The van der Waals surface area contributed by atoms with Crippen molar-refractivity contribution in [3.05, 3.63) is 24.3 Å². The van der Waals surface area contributed by atoms with E-state index in [0.717, 1.165) is 19.3 Å². The molecule has 8 heteroatoms. The Balaban J connectivity index is 1.86. The fraction of sp³-hybridized carbons (Fsp3) is 0.731. The number of thioether (sulfide) groups is 1. The molecule has 1 spiro atoms. The Morgan fingerprint density at radius 1 is 1.12 bits per heavy atom. The van der Waals surface area contributed by atoms with E-state index in [1.165, 1.54) is 0 Å². The number of carbonyl (C=O) groups is 3. The number of likely N-dealkylation sites (tertiary alicyclic amines) is 1. The number of hydrogen-bond acceptors (Lipinski definition) is 5. The molecule has 4 aliphatic heterocycles. The van der Waals surface area contributed by atoms with Crippen LogP contribution in [0, 0.1) is 17.8 Å². The Kier molecular flexibility index (Phi) is 7.21. The fourth-order valence-corrected chi connectivity index (χ4v) is 8.36. The van der Waals surface area contributed by atoms with Gasteiger partial charge in [0.05, 0.1) is 29.2 Å². The van der Waals surface area contributed by atoms with Gasteiger partial charge in [-0.25, -0.2) is 0 Å². The monoisotopic (exact) mass is 489 g/mol. The minimum Gasteiger partial charge on any atom is -0.394 e. The zero-order valence-electron chi connectivity index (χ0n) is 21.0. The van der Waals surface area contributed by atoms with Gasteiger partial charge in [0.2, 0.25) is 17.7 Å². The molecule has 0 aromatic heterocycles. The molecule has 3 amide bonds. The van der Waals surface area contributed by atoms with Crippen LogP contribution < -0.4 is 0 Å². The molecule has 188 valence electrons. The van der Waals surface area contributed by atoms with Gasteiger partial charge in [-0.15, -0.1) is 11.8 Å². The van der Waals surface area contributed by atoms with E-state index in [0.29, 0.717) is 13.1 Å². The van der Waals surface area contributed by atoms with Gasteiger partial charge < -0.3 is 19.8 Å². The van der Waals surface area contributed by atoms with Crippen LogP contribution in [0.3, 0.4) is 0 Å². The molecule has 0 saturated carbocycles. The summed E-state index contributed by atoms with van der Waals surface area (Å²) >= 11 is 1.60. The Bertz CT molecular complexity index is 891. The third-order valence-corrected chi connectivity index (χ3v) is 10.2. The number of nitrogens with zero attached hydrogens (tertiary/aromatic N) is 3. The lowest BCUT2D eigenvalue weighted by atomic mass is 9.78. The van der Waals surface area contributed by atoms with Gasteiger partial charge in [-0.3, -0.25) is 14.4 Å². The fourth-order valence-electron chi connectivity index (χ4n) is 6.36. The molecule has 2 saturated heterocycles. The molecule has 0 aliphatic carbocycles. The zero-order chi connectivity index (χ0) is 24.8. The zero-order valence-corrected chi connectivity index (χ0v) is 21.8. The summed E-state index contributed by atoms with van der Waals surface area (Å²) in [6.07, 6.45) is 10.8. The van der Waals surface area contributed by atoms with E-state index in [2.05, 4.69) is 26.0 Å². The first-order chi connectivity index (χ1) is 16.2. The van der Waals surface area contributed by atoms with Crippen molar-refractivity contribution >= 4 is 29.5 Å². The third kappa shape index (κ3) is 3.72. The smallest absolute Gasteiger partial charge is 0.247 e. The maximum Gasteiger partial charge on any atom is 0.247 e. The summed E-state index contributed by atoms with van der Waals surface area (Å²) in [6.45, 7) is 9.06. The van der Waals surface area contributed by atoms with Gasteiger partial charge in [0.15, 0.2) is 0 Å². The second-order valence-electron chi connectivity index (χ2n) is 10.4. The maximum atomic E-state index is 14.3. The summed E-state index contributed by atoms with van der Waals surface area (Å²) in [5.41, 5.74) is 0. The van der Waals surface area contributed by atoms with Crippen LogP contribution in [-0.2, 0) is 14.4 Å². The highest BCUT2D eigenvalue weighted by Crippen LogP contribution is 2.61. The molecule has 4 aliphatic rings. The van der Waals surface area contributed by atoms with E-state index in [1.54, 1.807) is 28.6 Å². The van der Waals surface area contributed by atoms with Crippen LogP contribution >= 0.6 is 11.8 Å². The van der Waals surface area contributed by atoms with Crippen molar-refractivity contribution < 1.29 is 19.5 Å². The average Bonchev–Trinajstić information content (AvgIpc) is 3.13. The van der Waals surface area contributed by atoms with Gasteiger partial charge in [0, 0.05) is 31.4 Å². The molecule has 0 bridgehead atoms. The maximum absolute atomic E-state index is 14.3. The van der Waals surface area contributed by atoms with Crippen molar-refractivity contribution in [1.29, 1.82) is 0 Å². The van der Waals surface area contributed by atoms with Crippen molar-refractivity contribution in [2.75, 3.05) is 26.7 Å². The first-order valence-corrected chi connectivity index (χ1v) is 13.6. The van der Waals surface area contributed by atoms with Gasteiger partial charge in [0.25, 0.3) is 0 Å². The van der Waals surface area contributed by atoms with Crippen molar-refractivity contribution in [2.45, 2.75) is 75.1 Å². The van der Waals surface area contributed by atoms with Crippen LogP contribution in [0.1, 0.15) is 47.0 Å². The Morgan fingerprint density at radius 3 is 2.50 bits per heavy atom. The number of fused-ring (bicyclic) bond motifs is 2. The first-order valence-electron chi connectivity index (χ1n) is 12.7. The van der Waals surface area contributed by atoms with E-state index in [4.69, 9.17) is 0 Å². The minimum absolute atomic E-state index is 0.0274. The third-order valence-electron chi connectivity index (χ3n) is 8.41. The van der Waals surface area contributed by atoms with Gasteiger partial charge in [-0.2, -0.15) is 0 Å². The van der Waals surface area contributed by atoms with Crippen LogP contribution in [0.5, 0.6) is 0 Å². The molecule has 2 fully saturated rings. The molecule has 4 rings (SSSR count). The van der Waals surface area contributed by atoms with E-state index in [-0.39, 0.29) is 41.5 Å². The topological polar surface area (TPSA) is 81.2 Å². The molecule has 7 nitrogen and oxygen atoms in total. The van der Waals surface area contributed by atoms with Crippen molar-refractivity contribution in [3.63, 3.8) is 0 Å². The standard InChI is InChI=1S/C26H39N3O4S/c1-6-10-17(4)28-14-9-12-26-21(20-19(34-26)11-8-13-27(5)23(20)31)24(32)29(22(26)25(28)33)18(15-30)16(3)7-2/h8-9,11-12,16-22,30H,6-7,10,13-15H2,1-5H3/t16-,17?,18-,19-,20+,21-,22?,26-/m0/s1. The van der Waals surface area contributed by atoms with E-state index in [1.807, 2.05) is 30.9 Å². The number of likely N-dealkylation sites (N-methyl/N-ethyl adjacent to an activating group) is 1. The second kappa shape index (κ2) is 9.69. The number of aliphatic hydroxyl groups is 1. The highest BCUT2D eigenvalue weighted by atomic mass is 32.2. The highest BCUT2D eigenvalue weighted by molar-refractivity contribution is 8.02. The summed E-state index contributed by atoms with van der Waals surface area (Å²) in [6, 6.07) is -1.14. The number of aliphatic hydroxyl groups excluding tert-OH is 1. The molecule has 0 aromatic carbocycles. The van der Waals surface area contributed by atoms with Gasteiger partial charge in [-0.05, 0) is 19.3 Å². The Labute approximate surface area is 207 Å². The summed E-state index contributed by atoms with van der Waals surface area (Å²) in [5.74, 6) is -1.36. The van der Waals surface area contributed by atoms with Crippen LogP contribution in [-0.4, -0.2) is 92.4 Å². The van der Waals surface area contributed by atoms with E-state index >= 15 is 0 Å². The molecule has 0 aromatic rings. The summed E-state index contributed by atoms with van der Waals surface area (Å²) in [4.78, 5) is 47.3. The number of rotatable bonds is 7. The molecular weight excluding hydrogens is 450 g/mol. The lowest BCUT2D eigenvalue weighted by Crippen LogP contribution is -2.58. The highest BCUT2D eigenvalue weighted by Gasteiger charge is 2.71. The summed E-state index contributed by atoms with van der Waals surface area (Å²) < 4.78 is -0.816. The summed E-state index contributed by atoms with van der Waals surface area (Å²) in [5, 5.41) is 10.3. The van der Waals surface area contributed by atoms with E-state index < -0.39 is 28.7 Å². The van der Waals surface area contributed by atoms with Crippen molar-refractivity contribution in [2.24, 2.45) is 17.8 Å². The molecule has 8 atom stereocenters. The van der Waals surface area contributed by atoms with E-state index in [9.17, 15) is 19.5 Å². The molecule has 4 heterocycles. The summed E-state index contributed by atoms with van der Waals surface area (Å²) in [7, 11) is 1.78. The Morgan fingerprint density at radius 2 is 1.85 bits per heavy atom. The lowest BCUT2D eigenvalue weighted by molar-refractivity contribution is -0.148. The average molecular weight is 490 g/mol. The number of amides is 3. The number of hydrogen-bond donors (Lipinski definition) is 1. The van der Waals surface area contributed by atoms with Crippen LogP contribution in [0.2, 0.25) is 0 Å². The quantitative estimate of drug-likeness (QED) is 0.555. The molecule has 34 heavy (non-hydrogen) atoms. The van der Waals surface area contributed by atoms with Gasteiger partial charge in [0.1, 0.15) is 6.04 Å². The van der Waals surface area contributed by atoms with Crippen LogP contribution in [0.15, 0.2) is 24.3 Å². The second-order valence-corrected chi connectivity index (χ2v) is 11.9. The molecule has 1 N–H and O–H groups in total. The number of carbonyl (C=O) groups excluding carboxylic acids is 3.